The van der Waals surface area contributed by atoms with Crippen molar-refractivity contribution < 1.29 is 14.3 Å². The van der Waals surface area contributed by atoms with Crippen LogP contribution in [0.1, 0.15) is 44.2 Å². The molecule has 4 heteroatoms. The van der Waals surface area contributed by atoms with Crippen LogP contribution >= 0.6 is 0 Å². The lowest BCUT2D eigenvalue weighted by atomic mass is 9.96. The van der Waals surface area contributed by atoms with Crippen LogP contribution in [0.15, 0.2) is 24.3 Å². The summed E-state index contributed by atoms with van der Waals surface area (Å²) in [6, 6.07) is 8.16. The van der Waals surface area contributed by atoms with Crippen molar-refractivity contribution in [3.05, 3.63) is 35.4 Å². The third kappa shape index (κ3) is 5.98. The van der Waals surface area contributed by atoms with Crippen LogP contribution in [0.3, 0.4) is 0 Å². The van der Waals surface area contributed by atoms with Gasteiger partial charge >= 0.3 is 5.97 Å². The summed E-state index contributed by atoms with van der Waals surface area (Å²) in [6.07, 6.45) is 1.24. The van der Waals surface area contributed by atoms with Crippen LogP contribution in [-0.2, 0) is 20.7 Å². The van der Waals surface area contributed by atoms with Crippen molar-refractivity contribution >= 4 is 11.9 Å². The summed E-state index contributed by atoms with van der Waals surface area (Å²) >= 11 is 0. The minimum atomic E-state index is -0.319. The number of rotatable bonds is 7. The van der Waals surface area contributed by atoms with Gasteiger partial charge in [0.05, 0.1) is 19.4 Å². The Labute approximate surface area is 126 Å². The number of nitrogens with one attached hydrogen (secondary N) is 1. The molecule has 21 heavy (non-hydrogen) atoms. The van der Waals surface area contributed by atoms with Gasteiger partial charge in [0.1, 0.15) is 0 Å². The number of carbonyl (C=O) groups excluding carboxylic acids is 2. The molecule has 0 saturated carbocycles. The van der Waals surface area contributed by atoms with Crippen molar-refractivity contribution in [3.8, 4) is 0 Å². The monoisotopic (exact) mass is 291 g/mol. The molecule has 1 N–H and O–H groups in total. The average Bonchev–Trinajstić information content (AvgIpc) is 2.46. The Bertz CT molecular complexity index is 465. The molecule has 116 valence electrons. The SMILES string of the molecule is COC(=O)CCNC(=O)[C@H](C)c1ccc(CC(C)C)cc1. The van der Waals surface area contributed by atoms with Crippen molar-refractivity contribution in [1.82, 2.24) is 5.32 Å². The highest BCUT2D eigenvalue weighted by Gasteiger charge is 2.15. The molecule has 0 aliphatic carbocycles. The van der Waals surface area contributed by atoms with E-state index in [1.165, 1.54) is 12.7 Å². The van der Waals surface area contributed by atoms with E-state index in [0.29, 0.717) is 12.5 Å². The molecule has 1 atom stereocenters. The van der Waals surface area contributed by atoms with Gasteiger partial charge in [-0.1, -0.05) is 38.1 Å². The molecular formula is C17H25NO3. The molecular weight excluding hydrogens is 266 g/mol. The standard InChI is InChI=1S/C17H25NO3/c1-12(2)11-14-5-7-15(8-6-14)13(3)17(20)18-10-9-16(19)21-4/h5-8,12-13H,9-11H2,1-4H3,(H,18,20)/t13-/m1/s1. The smallest absolute Gasteiger partial charge is 0.307 e. The molecule has 0 fully saturated rings. The number of ether oxygens (including phenoxy) is 1. The summed E-state index contributed by atoms with van der Waals surface area (Å²) in [5.74, 6) is 0.00199. The molecule has 0 aliphatic rings. The number of methoxy groups -OCH3 is 1. The molecule has 0 unspecified atom stereocenters. The Morgan fingerprint density at radius 2 is 1.76 bits per heavy atom. The molecule has 0 aromatic heterocycles. The lowest BCUT2D eigenvalue weighted by molar-refractivity contribution is -0.140. The van der Waals surface area contributed by atoms with Gasteiger partial charge in [0.25, 0.3) is 0 Å². The maximum Gasteiger partial charge on any atom is 0.307 e. The van der Waals surface area contributed by atoms with Crippen LogP contribution in [-0.4, -0.2) is 25.5 Å². The van der Waals surface area contributed by atoms with E-state index in [1.807, 2.05) is 19.1 Å². The zero-order valence-electron chi connectivity index (χ0n) is 13.3. The quantitative estimate of drug-likeness (QED) is 0.786. The molecule has 0 spiro atoms. The highest BCUT2D eigenvalue weighted by atomic mass is 16.5. The Kier molecular flexibility index (Phi) is 6.92. The van der Waals surface area contributed by atoms with Crippen LogP contribution in [0, 0.1) is 5.92 Å². The van der Waals surface area contributed by atoms with Crippen LogP contribution < -0.4 is 5.32 Å². The molecule has 0 saturated heterocycles. The second-order valence-electron chi connectivity index (χ2n) is 5.68. The Balaban J connectivity index is 2.51. The topological polar surface area (TPSA) is 55.4 Å². The molecule has 4 nitrogen and oxygen atoms in total. The van der Waals surface area contributed by atoms with Gasteiger partial charge < -0.3 is 10.1 Å². The number of carbonyl (C=O) groups is 2. The predicted octanol–water partition coefficient (Wildman–Crippen LogP) is 2.67. The van der Waals surface area contributed by atoms with Crippen molar-refractivity contribution in [2.24, 2.45) is 5.92 Å². The Hall–Kier alpha value is -1.84. The van der Waals surface area contributed by atoms with E-state index in [9.17, 15) is 9.59 Å². The summed E-state index contributed by atoms with van der Waals surface area (Å²) in [7, 11) is 1.34. The lowest BCUT2D eigenvalue weighted by Gasteiger charge is -2.13. The van der Waals surface area contributed by atoms with E-state index in [1.54, 1.807) is 0 Å². The minimum absolute atomic E-state index is 0.0736. The van der Waals surface area contributed by atoms with Gasteiger partial charge in [-0.25, -0.2) is 0 Å². The zero-order valence-corrected chi connectivity index (χ0v) is 13.3. The minimum Gasteiger partial charge on any atom is -0.469 e. The molecule has 1 aromatic rings. The summed E-state index contributed by atoms with van der Waals surface area (Å²) < 4.78 is 4.53. The largest absolute Gasteiger partial charge is 0.469 e. The van der Waals surface area contributed by atoms with Crippen molar-refractivity contribution in [2.75, 3.05) is 13.7 Å². The van der Waals surface area contributed by atoms with E-state index in [-0.39, 0.29) is 24.2 Å². The highest BCUT2D eigenvalue weighted by molar-refractivity contribution is 5.83. The van der Waals surface area contributed by atoms with E-state index in [4.69, 9.17) is 0 Å². The number of hydrogen-bond donors (Lipinski definition) is 1. The third-order valence-electron chi connectivity index (χ3n) is 3.37. The van der Waals surface area contributed by atoms with E-state index in [0.717, 1.165) is 12.0 Å². The highest BCUT2D eigenvalue weighted by Crippen LogP contribution is 2.17. The summed E-state index contributed by atoms with van der Waals surface area (Å²) in [5.41, 5.74) is 2.27. The molecule has 1 amide bonds. The van der Waals surface area contributed by atoms with Gasteiger partial charge in [-0.05, 0) is 30.4 Å². The number of esters is 1. The summed E-state index contributed by atoms with van der Waals surface area (Å²) in [5, 5.41) is 2.75. The summed E-state index contributed by atoms with van der Waals surface area (Å²) in [6.45, 7) is 6.54. The van der Waals surface area contributed by atoms with Crippen LogP contribution in [0.4, 0.5) is 0 Å². The predicted molar refractivity (Wildman–Crippen MR) is 83.0 cm³/mol. The van der Waals surface area contributed by atoms with Crippen molar-refractivity contribution in [3.63, 3.8) is 0 Å². The van der Waals surface area contributed by atoms with Crippen LogP contribution in [0.2, 0.25) is 0 Å². The van der Waals surface area contributed by atoms with Gasteiger partial charge in [0, 0.05) is 6.54 Å². The van der Waals surface area contributed by atoms with E-state index < -0.39 is 0 Å². The average molecular weight is 291 g/mol. The van der Waals surface area contributed by atoms with Crippen LogP contribution in [0.25, 0.3) is 0 Å². The molecule has 1 rings (SSSR count). The number of hydrogen-bond acceptors (Lipinski definition) is 3. The Morgan fingerprint density at radius 3 is 2.29 bits per heavy atom. The number of amides is 1. The zero-order chi connectivity index (χ0) is 15.8. The van der Waals surface area contributed by atoms with Gasteiger partial charge in [0.2, 0.25) is 5.91 Å². The number of benzene rings is 1. The maximum absolute atomic E-state index is 12.0. The van der Waals surface area contributed by atoms with Gasteiger partial charge in [0.15, 0.2) is 0 Å². The maximum atomic E-state index is 12.0. The first-order chi connectivity index (χ1) is 9.93. The van der Waals surface area contributed by atoms with Gasteiger partial charge in [-0.15, -0.1) is 0 Å². The van der Waals surface area contributed by atoms with Crippen molar-refractivity contribution in [1.29, 1.82) is 0 Å². The third-order valence-corrected chi connectivity index (χ3v) is 3.37. The first-order valence-corrected chi connectivity index (χ1v) is 7.37. The first-order valence-electron chi connectivity index (χ1n) is 7.37. The van der Waals surface area contributed by atoms with Gasteiger partial charge in [-0.3, -0.25) is 9.59 Å². The van der Waals surface area contributed by atoms with E-state index >= 15 is 0 Å². The van der Waals surface area contributed by atoms with Gasteiger partial charge in [-0.2, -0.15) is 0 Å². The normalized spacial score (nSPS) is 12.0. The van der Waals surface area contributed by atoms with Crippen LogP contribution in [0.5, 0.6) is 0 Å². The summed E-state index contributed by atoms with van der Waals surface area (Å²) in [4.78, 5) is 23.0. The fourth-order valence-corrected chi connectivity index (χ4v) is 2.11. The molecule has 0 radical (unpaired) electrons. The van der Waals surface area contributed by atoms with Crippen molar-refractivity contribution in [2.45, 2.75) is 39.5 Å². The fourth-order valence-electron chi connectivity index (χ4n) is 2.11. The molecule has 0 aliphatic heterocycles. The van der Waals surface area contributed by atoms with E-state index in [2.05, 4.69) is 36.0 Å². The second-order valence-corrected chi connectivity index (χ2v) is 5.68. The molecule has 1 aromatic carbocycles. The second kappa shape index (κ2) is 8.45. The fraction of sp³-hybridized carbons (Fsp3) is 0.529. The Morgan fingerprint density at radius 1 is 1.14 bits per heavy atom. The molecule has 0 bridgehead atoms. The lowest BCUT2D eigenvalue weighted by Crippen LogP contribution is -2.30. The first kappa shape index (κ1) is 17.2. The molecule has 0 heterocycles.